The average Bonchev–Trinajstić information content (AvgIpc) is 3.29. The summed E-state index contributed by atoms with van der Waals surface area (Å²) < 4.78 is 26.9. The van der Waals surface area contributed by atoms with Crippen molar-refractivity contribution in [1.82, 2.24) is 4.90 Å². The van der Waals surface area contributed by atoms with E-state index in [2.05, 4.69) is 0 Å². The van der Waals surface area contributed by atoms with E-state index in [0.717, 1.165) is 11.3 Å². The average molecular weight is 443 g/mol. The summed E-state index contributed by atoms with van der Waals surface area (Å²) in [5.74, 6) is 0.894. The number of methoxy groups -OCH3 is 3. The summed E-state index contributed by atoms with van der Waals surface area (Å²) in [6.45, 7) is 1.55. The molecule has 0 saturated carbocycles. The molecule has 8 nitrogen and oxygen atoms in total. The van der Waals surface area contributed by atoms with Crippen LogP contribution < -0.4 is 14.2 Å². The molecule has 1 aliphatic heterocycles. The first-order chi connectivity index (χ1) is 15.6. The molecule has 2 aromatic rings. The molecule has 0 radical (unpaired) electrons. The fraction of sp³-hybridized carbons (Fsp3) is 0.417. The van der Waals surface area contributed by atoms with Gasteiger partial charge in [-0.2, -0.15) is 0 Å². The number of nitrogens with zero attached hydrogens (tertiary/aromatic N) is 1. The van der Waals surface area contributed by atoms with Gasteiger partial charge in [0.05, 0.1) is 40.5 Å². The van der Waals surface area contributed by atoms with Crippen LogP contribution in [0.5, 0.6) is 17.2 Å². The lowest BCUT2D eigenvalue weighted by molar-refractivity contribution is -0.145. The van der Waals surface area contributed by atoms with E-state index < -0.39 is 12.0 Å². The fourth-order valence-corrected chi connectivity index (χ4v) is 3.79. The second-order valence-corrected chi connectivity index (χ2v) is 7.38. The van der Waals surface area contributed by atoms with E-state index in [9.17, 15) is 9.59 Å². The van der Waals surface area contributed by atoms with Crippen molar-refractivity contribution in [3.8, 4) is 17.2 Å². The third-order valence-electron chi connectivity index (χ3n) is 5.43. The summed E-state index contributed by atoms with van der Waals surface area (Å²) in [6.07, 6.45) is 0.219. The molecule has 0 N–H and O–H groups in total. The van der Waals surface area contributed by atoms with Crippen LogP contribution in [0, 0.1) is 5.92 Å². The second-order valence-electron chi connectivity index (χ2n) is 7.38. The van der Waals surface area contributed by atoms with Crippen LogP contribution in [0.2, 0.25) is 0 Å². The van der Waals surface area contributed by atoms with Crippen molar-refractivity contribution < 1.29 is 33.3 Å². The highest BCUT2D eigenvalue weighted by molar-refractivity contribution is 5.77. The van der Waals surface area contributed by atoms with E-state index in [1.54, 1.807) is 13.2 Å². The molecule has 0 spiro atoms. The maximum atomic E-state index is 12.4. The number of ether oxygens (including phenoxy) is 5. The van der Waals surface area contributed by atoms with Crippen LogP contribution in [0.1, 0.15) is 17.9 Å². The minimum Gasteiger partial charge on any atom is -0.493 e. The van der Waals surface area contributed by atoms with Gasteiger partial charge < -0.3 is 28.6 Å². The maximum absolute atomic E-state index is 12.4. The van der Waals surface area contributed by atoms with Gasteiger partial charge in [0, 0.05) is 25.4 Å². The lowest BCUT2D eigenvalue weighted by atomic mass is 9.89. The molecule has 2 atom stereocenters. The molecule has 0 aromatic heterocycles. The summed E-state index contributed by atoms with van der Waals surface area (Å²) in [4.78, 5) is 25.9. The largest absolute Gasteiger partial charge is 0.493 e. The lowest BCUT2D eigenvalue weighted by Crippen LogP contribution is -2.29. The van der Waals surface area contributed by atoms with Crippen molar-refractivity contribution in [1.29, 1.82) is 0 Å². The van der Waals surface area contributed by atoms with Gasteiger partial charge in [0.25, 0.3) is 0 Å². The van der Waals surface area contributed by atoms with Crippen molar-refractivity contribution in [3.63, 3.8) is 0 Å². The van der Waals surface area contributed by atoms with Gasteiger partial charge in [-0.15, -0.1) is 0 Å². The predicted octanol–water partition coefficient (Wildman–Crippen LogP) is 3.50. The molecule has 3 rings (SSSR count). The minimum atomic E-state index is -0.486. The zero-order valence-electron chi connectivity index (χ0n) is 18.6. The first-order valence-electron chi connectivity index (χ1n) is 10.5. The Labute approximate surface area is 188 Å². The first-order valence-corrected chi connectivity index (χ1v) is 10.5. The van der Waals surface area contributed by atoms with Gasteiger partial charge in [-0.25, -0.2) is 4.79 Å². The van der Waals surface area contributed by atoms with Crippen LogP contribution >= 0.6 is 0 Å². The molecular formula is C24H29NO7. The molecular weight excluding hydrogens is 414 g/mol. The molecule has 2 unspecified atom stereocenters. The third kappa shape index (κ3) is 5.63. The van der Waals surface area contributed by atoms with Gasteiger partial charge in [-0.1, -0.05) is 24.3 Å². The second kappa shape index (κ2) is 11.3. The van der Waals surface area contributed by atoms with Gasteiger partial charge in [0.2, 0.25) is 0 Å². The Morgan fingerprint density at radius 2 is 1.66 bits per heavy atom. The highest BCUT2D eigenvalue weighted by Crippen LogP contribution is 2.38. The topological polar surface area (TPSA) is 83.5 Å². The number of hydrogen-bond donors (Lipinski definition) is 0. The van der Waals surface area contributed by atoms with E-state index in [4.69, 9.17) is 23.7 Å². The highest BCUT2D eigenvalue weighted by atomic mass is 16.5. The van der Waals surface area contributed by atoms with E-state index in [0.29, 0.717) is 37.7 Å². The quantitative estimate of drug-likeness (QED) is 0.433. The fourth-order valence-electron chi connectivity index (χ4n) is 3.79. The lowest BCUT2D eigenvalue weighted by Gasteiger charge is -2.19. The summed E-state index contributed by atoms with van der Waals surface area (Å²) in [5.41, 5.74) is 0.864. The number of amides is 1. The number of likely N-dealkylation sites (tertiary alicyclic amines) is 1. The number of esters is 1. The van der Waals surface area contributed by atoms with Gasteiger partial charge in [-0.3, -0.25) is 4.79 Å². The SMILES string of the molecule is COC(=O)C1CN(C(=O)OC)CC1c1ccc(OC)c(OCCCOc2ccccc2)c1. The molecule has 1 amide bonds. The van der Waals surface area contributed by atoms with Crippen molar-refractivity contribution >= 4 is 12.1 Å². The Bertz CT molecular complexity index is 902. The molecule has 1 fully saturated rings. The first kappa shape index (κ1) is 23.2. The van der Waals surface area contributed by atoms with Crippen LogP contribution in [0.4, 0.5) is 4.79 Å². The molecule has 1 aliphatic rings. The normalized spacial score (nSPS) is 17.5. The molecule has 32 heavy (non-hydrogen) atoms. The third-order valence-corrected chi connectivity index (χ3v) is 5.43. The van der Waals surface area contributed by atoms with Gasteiger partial charge in [0.1, 0.15) is 5.75 Å². The van der Waals surface area contributed by atoms with E-state index >= 15 is 0 Å². The Kier molecular flexibility index (Phi) is 8.19. The Morgan fingerprint density at radius 1 is 0.906 bits per heavy atom. The van der Waals surface area contributed by atoms with Crippen LogP contribution in [-0.2, 0) is 14.3 Å². The van der Waals surface area contributed by atoms with Crippen LogP contribution in [0.25, 0.3) is 0 Å². The van der Waals surface area contributed by atoms with Crippen LogP contribution in [0.3, 0.4) is 0 Å². The summed E-state index contributed by atoms with van der Waals surface area (Å²) in [5, 5.41) is 0. The van der Waals surface area contributed by atoms with Crippen LogP contribution in [0.15, 0.2) is 48.5 Å². The zero-order chi connectivity index (χ0) is 22.9. The van der Waals surface area contributed by atoms with E-state index in [-0.39, 0.29) is 18.4 Å². The minimum absolute atomic E-state index is 0.239. The summed E-state index contributed by atoms with van der Waals surface area (Å²) in [6, 6.07) is 15.1. The van der Waals surface area contributed by atoms with Gasteiger partial charge in [0.15, 0.2) is 11.5 Å². The van der Waals surface area contributed by atoms with Crippen LogP contribution in [-0.4, -0.2) is 64.6 Å². The maximum Gasteiger partial charge on any atom is 0.409 e. The smallest absolute Gasteiger partial charge is 0.409 e. The number of benzene rings is 2. The number of carbonyl (C=O) groups is 2. The number of hydrogen-bond acceptors (Lipinski definition) is 7. The molecule has 1 saturated heterocycles. The number of carbonyl (C=O) groups excluding carboxylic acids is 2. The van der Waals surface area contributed by atoms with E-state index in [1.807, 2.05) is 42.5 Å². The van der Waals surface area contributed by atoms with Gasteiger partial charge >= 0.3 is 12.1 Å². The Balaban J connectivity index is 1.67. The molecule has 8 heteroatoms. The number of para-hydroxylation sites is 1. The number of rotatable bonds is 9. The van der Waals surface area contributed by atoms with Crippen molar-refractivity contribution in [2.45, 2.75) is 12.3 Å². The summed E-state index contributed by atoms with van der Waals surface area (Å²) in [7, 11) is 4.25. The molecule has 1 heterocycles. The highest BCUT2D eigenvalue weighted by Gasteiger charge is 2.41. The Morgan fingerprint density at radius 3 is 2.34 bits per heavy atom. The van der Waals surface area contributed by atoms with Crippen molar-refractivity contribution in [2.75, 3.05) is 47.6 Å². The predicted molar refractivity (Wildman–Crippen MR) is 117 cm³/mol. The zero-order valence-corrected chi connectivity index (χ0v) is 18.6. The molecule has 0 aliphatic carbocycles. The molecule has 172 valence electrons. The summed E-state index contributed by atoms with van der Waals surface area (Å²) >= 11 is 0. The monoisotopic (exact) mass is 443 g/mol. The standard InChI is InChI=1S/C24H29NO7/c1-28-21-11-10-17(19-15-25(24(27)30-3)16-20(19)23(26)29-2)14-22(21)32-13-7-12-31-18-8-5-4-6-9-18/h4-6,8-11,14,19-20H,7,12-13,15-16H2,1-3H3. The molecule has 0 bridgehead atoms. The molecule has 2 aromatic carbocycles. The van der Waals surface area contributed by atoms with E-state index in [1.165, 1.54) is 19.1 Å². The van der Waals surface area contributed by atoms with Crippen molar-refractivity contribution in [3.05, 3.63) is 54.1 Å². The Hall–Kier alpha value is -3.42. The van der Waals surface area contributed by atoms with Gasteiger partial charge in [-0.05, 0) is 29.8 Å². The van der Waals surface area contributed by atoms with Crippen molar-refractivity contribution in [2.24, 2.45) is 5.92 Å².